The molecule has 2 atom stereocenters. The van der Waals surface area contributed by atoms with E-state index in [1.165, 1.54) is 12.8 Å². The Bertz CT molecular complexity index is 1340. The zero-order chi connectivity index (χ0) is 24.4. The number of aromatic nitrogens is 2. The van der Waals surface area contributed by atoms with Crippen LogP contribution in [0.4, 0.5) is 0 Å². The van der Waals surface area contributed by atoms with Crippen LogP contribution < -0.4 is 0 Å². The van der Waals surface area contributed by atoms with Crippen molar-refractivity contribution < 1.29 is 0 Å². The first kappa shape index (κ1) is 23.2. The Morgan fingerprint density at radius 2 is 1.00 bits per heavy atom. The minimum atomic E-state index is 0.185. The molecule has 0 saturated heterocycles. The van der Waals surface area contributed by atoms with Gasteiger partial charge in [0.15, 0.2) is 0 Å². The summed E-state index contributed by atoms with van der Waals surface area (Å²) in [5.41, 5.74) is 5.71. The highest BCUT2D eigenvalue weighted by atomic mass is 14.9. The molecule has 0 amide bonds. The molecule has 4 aromatic rings. The maximum atomic E-state index is 4.90. The Hall–Kier alpha value is -4.54. The van der Waals surface area contributed by atoms with Crippen molar-refractivity contribution in [2.75, 3.05) is 0 Å². The third kappa shape index (κ3) is 6.53. The van der Waals surface area contributed by atoms with E-state index in [0.717, 1.165) is 46.7 Å². The Morgan fingerprint density at radius 3 is 1.44 bits per heavy atom. The summed E-state index contributed by atoms with van der Waals surface area (Å²) >= 11 is 0. The van der Waals surface area contributed by atoms with Gasteiger partial charge in [-0.05, 0) is 73.2 Å². The summed E-state index contributed by atoms with van der Waals surface area (Å²) in [4.78, 5) is 16.5. The van der Waals surface area contributed by atoms with Crippen LogP contribution in [-0.4, -0.2) is 34.5 Å². The third-order valence-corrected chi connectivity index (χ3v) is 6.15. The molecule has 1 aliphatic rings. The fourth-order valence-corrected chi connectivity index (χ4v) is 4.23. The number of hydrogen-bond donors (Lipinski definition) is 2. The van der Waals surface area contributed by atoms with Gasteiger partial charge in [-0.25, -0.2) is 0 Å². The summed E-state index contributed by atoms with van der Waals surface area (Å²) in [5, 5.41) is 0. The quantitative estimate of drug-likeness (QED) is 0.273. The van der Waals surface area contributed by atoms with E-state index in [1.54, 1.807) is 0 Å². The van der Waals surface area contributed by atoms with Crippen molar-refractivity contribution in [3.63, 3.8) is 0 Å². The van der Waals surface area contributed by atoms with E-state index < -0.39 is 0 Å². The Kier molecular flexibility index (Phi) is 7.57. The van der Waals surface area contributed by atoms with Gasteiger partial charge in [-0.1, -0.05) is 61.1 Å². The average molecular weight is 469 g/mol. The van der Waals surface area contributed by atoms with E-state index >= 15 is 0 Å². The molecule has 2 N–H and O–H groups in total. The van der Waals surface area contributed by atoms with Gasteiger partial charge in [-0.2, -0.15) is 0 Å². The van der Waals surface area contributed by atoms with Crippen molar-refractivity contribution >= 4 is 12.4 Å². The molecule has 0 aliphatic heterocycles. The maximum Gasteiger partial charge on any atom is 0.0902 e. The zero-order valence-corrected chi connectivity index (χ0v) is 20.1. The predicted octanol–water partition coefficient (Wildman–Crippen LogP) is 5.99. The molecule has 0 unspecified atom stereocenters. The molecule has 2 aromatic carbocycles. The lowest BCUT2D eigenvalue weighted by Crippen LogP contribution is -2.27. The van der Waals surface area contributed by atoms with Crippen LogP contribution in [0.3, 0.4) is 0 Å². The Balaban J connectivity index is 1.21. The van der Waals surface area contributed by atoms with Crippen molar-refractivity contribution in [2.24, 2.45) is 9.98 Å². The van der Waals surface area contributed by atoms with E-state index in [4.69, 9.17) is 9.98 Å². The van der Waals surface area contributed by atoms with Crippen LogP contribution >= 0.6 is 0 Å². The van der Waals surface area contributed by atoms with Crippen molar-refractivity contribution in [3.8, 4) is 23.7 Å². The summed E-state index contributed by atoms with van der Waals surface area (Å²) in [6.45, 7) is 0. The molecule has 1 aliphatic carbocycles. The lowest BCUT2D eigenvalue weighted by atomic mass is 9.91. The van der Waals surface area contributed by atoms with Gasteiger partial charge in [0.05, 0.1) is 34.9 Å². The van der Waals surface area contributed by atoms with Crippen molar-refractivity contribution in [1.29, 1.82) is 0 Å². The Labute approximate surface area is 212 Å². The van der Waals surface area contributed by atoms with E-state index in [-0.39, 0.29) is 12.1 Å². The molecular formula is C32H28N4. The van der Waals surface area contributed by atoms with E-state index in [9.17, 15) is 0 Å². The van der Waals surface area contributed by atoms with E-state index in [1.807, 2.05) is 97.4 Å². The first-order chi connectivity index (χ1) is 17.8. The predicted molar refractivity (Wildman–Crippen MR) is 148 cm³/mol. The van der Waals surface area contributed by atoms with Crippen LogP contribution in [0.1, 0.15) is 59.6 Å². The molecule has 0 bridgehead atoms. The summed E-state index contributed by atoms with van der Waals surface area (Å²) in [7, 11) is 0. The fourth-order valence-electron chi connectivity index (χ4n) is 4.23. The molecule has 5 rings (SSSR count). The number of benzene rings is 2. The molecule has 0 spiro atoms. The first-order valence-corrected chi connectivity index (χ1v) is 12.4. The topological polar surface area (TPSA) is 56.3 Å². The van der Waals surface area contributed by atoms with Gasteiger partial charge in [-0.15, -0.1) is 0 Å². The number of hydrogen-bond acceptors (Lipinski definition) is 2. The van der Waals surface area contributed by atoms with E-state index in [2.05, 4.69) is 33.6 Å². The number of nitrogens with one attached hydrogen (secondary N) is 2. The molecular weight excluding hydrogens is 440 g/mol. The number of nitrogens with zero attached hydrogens (tertiary/aromatic N) is 2. The summed E-state index contributed by atoms with van der Waals surface area (Å²) in [6.07, 6.45) is 8.34. The summed E-state index contributed by atoms with van der Waals surface area (Å²) < 4.78 is 0. The minimum absolute atomic E-state index is 0.185. The lowest BCUT2D eigenvalue weighted by molar-refractivity contribution is 0.390. The highest BCUT2D eigenvalue weighted by Gasteiger charge is 2.23. The molecule has 4 nitrogen and oxygen atoms in total. The molecule has 2 aromatic heterocycles. The van der Waals surface area contributed by atoms with Gasteiger partial charge in [0, 0.05) is 23.6 Å². The monoisotopic (exact) mass is 468 g/mol. The second-order valence-corrected chi connectivity index (χ2v) is 8.86. The van der Waals surface area contributed by atoms with Crippen LogP contribution in [0.2, 0.25) is 0 Å². The second-order valence-electron chi connectivity index (χ2n) is 8.86. The smallest absolute Gasteiger partial charge is 0.0902 e. The number of aromatic amines is 2. The summed E-state index contributed by atoms with van der Waals surface area (Å²) in [6, 6.07) is 28.4. The molecule has 1 fully saturated rings. The highest BCUT2D eigenvalue weighted by Crippen LogP contribution is 2.24. The van der Waals surface area contributed by atoms with Crippen molar-refractivity contribution in [3.05, 3.63) is 119 Å². The van der Waals surface area contributed by atoms with Crippen LogP contribution in [0.25, 0.3) is 0 Å². The number of aliphatic imine (C=N–C) groups is 2. The standard InChI is InChI=1S/C32H28N4/c1-3-9-25(10-4-1)15-17-27-19-21-29(35-27)23-33-31-13-7-8-14-32(31)34-24-30-22-20-28(36-30)18-16-26-11-5-2-6-12-26/h1-6,9-12,19-24,31-32,35-36H,7-8,13-14H2/t31-,32-/m1/s1. The fraction of sp³-hybridized carbons (Fsp3) is 0.188. The van der Waals surface area contributed by atoms with Crippen LogP contribution in [0, 0.1) is 23.7 Å². The number of rotatable bonds is 4. The van der Waals surface area contributed by atoms with Crippen molar-refractivity contribution in [1.82, 2.24) is 9.97 Å². The highest BCUT2D eigenvalue weighted by molar-refractivity contribution is 5.79. The van der Waals surface area contributed by atoms with Gasteiger partial charge in [0.25, 0.3) is 0 Å². The van der Waals surface area contributed by atoms with Crippen LogP contribution in [0.15, 0.2) is 94.9 Å². The largest absolute Gasteiger partial charge is 0.347 e. The van der Waals surface area contributed by atoms with Gasteiger partial charge >= 0.3 is 0 Å². The average Bonchev–Trinajstić information content (AvgIpc) is 3.59. The summed E-state index contributed by atoms with van der Waals surface area (Å²) in [5.74, 6) is 12.7. The second kappa shape index (κ2) is 11.7. The molecule has 2 heterocycles. The minimum Gasteiger partial charge on any atom is -0.347 e. The van der Waals surface area contributed by atoms with Gasteiger partial charge < -0.3 is 9.97 Å². The molecule has 36 heavy (non-hydrogen) atoms. The normalized spacial score (nSPS) is 17.4. The van der Waals surface area contributed by atoms with Gasteiger partial charge in [0.1, 0.15) is 0 Å². The van der Waals surface area contributed by atoms with Crippen molar-refractivity contribution in [2.45, 2.75) is 37.8 Å². The molecule has 4 heteroatoms. The molecule has 0 radical (unpaired) electrons. The first-order valence-electron chi connectivity index (χ1n) is 12.4. The van der Waals surface area contributed by atoms with Crippen LogP contribution in [0.5, 0.6) is 0 Å². The lowest BCUT2D eigenvalue weighted by Gasteiger charge is -2.25. The van der Waals surface area contributed by atoms with Gasteiger partial charge in [0.2, 0.25) is 0 Å². The van der Waals surface area contributed by atoms with Crippen LogP contribution in [-0.2, 0) is 0 Å². The third-order valence-electron chi connectivity index (χ3n) is 6.15. The zero-order valence-electron chi connectivity index (χ0n) is 20.1. The molecule has 1 saturated carbocycles. The molecule has 176 valence electrons. The SMILES string of the molecule is C(#Cc1ccc(C=N[C@@H]2CCCC[C@H]2N=Cc2ccc(C#Cc3ccccc3)[nH]2)[nH]1)c1ccccc1. The van der Waals surface area contributed by atoms with Gasteiger partial charge in [-0.3, -0.25) is 9.98 Å². The maximum absolute atomic E-state index is 4.90. The number of H-pyrrole nitrogens is 2. The Morgan fingerprint density at radius 1 is 0.556 bits per heavy atom. The van der Waals surface area contributed by atoms with E-state index in [0.29, 0.717) is 0 Å².